The van der Waals surface area contributed by atoms with Gasteiger partial charge in [0, 0.05) is 6.54 Å². The monoisotopic (exact) mass is 647 g/mol. The Balaban J connectivity index is 1.70. The lowest BCUT2D eigenvalue weighted by molar-refractivity contribution is 0.454. The van der Waals surface area contributed by atoms with E-state index in [4.69, 9.17) is 31.9 Å². The Kier molecular flexibility index (Phi) is 11.0. The molecule has 226 valence electrons. The molecule has 5 aromatic carbocycles. The molecule has 44 heavy (non-hydrogen) atoms. The number of hydrogen-bond acceptors (Lipinski definition) is 6. The molecule has 0 amide bonds. The van der Waals surface area contributed by atoms with Gasteiger partial charge in [0.05, 0.1) is 0 Å². The van der Waals surface area contributed by atoms with E-state index < -0.39 is 23.5 Å². The van der Waals surface area contributed by atoms with Crippen LogP contribution in [0.5, 0.6) is 28.7 Å². The highest BCUT2D eigenvalue weighted by Gasteiger charge is 2.34. The van der Waals surface area contributed by atoms with E-state index in [1.54, 1.807) is 72.8 Å². The zero-order chi connectivity index (χ0) is 30.5. The van der Waals surface area contributed by atoms with Gasteiger partial charge < -0.3 is 27.5 Å². The SMILES string of the molecule is CCN=P(N=P(O)(N=[PH](Oc1ccccc1)Oc1ccccc1)Oc1ccccc1)(Oc1ccccc1)Oc1ccccc1. The fraction of sp³-hybridized carbons (Fsp3) is 0.0625. The highest BCUT2D eigenvalue weighted by molar-refractivity contribution is 7.69. The molecule has 1 unspecified atom stereocenters. The van der Waals surface area contributed by atoms with Crippen LogP contribution in [0.3, 0.4) is 0 Å². The summed E-state index contributed by atoms with van der Waals surface area (Å²) in [5, 5.41) is 0. The van der Waals surface area contributed by atoms with Crippen molar-refractivity contribution < 1.29 is 27.5 Å². The maximum atomic E-state index is 12.3. The molecular formula is C32H32N3O6P3. The summed E-state index contributed by atoms with van der Waals surface area (Å²) < 4.78 is 45.6. The number of benzene rings is 5. The molecule has 0 aliphatic carbocycles. The fourth-order valence-electron chi connectivity index (χ4n) is 3.73. The van der Waals surface area contributed by atoms with Crippen LogP contribution in [-0.4, -0.2) is 11.4 Å². The quantitative estimate of drug-likeness (QED) is 0.128. The van der Waals surface area contributed by atoms with Gasteiger partial charge in [-0.1, -0.05) is 91.0 Å². The predicted molar refractivity (Wildman–Crippen MR) is 178 cm³/mol. The molecule has 5 rings (SSSR count). The number of rotatable bonds is 13. The molecule has 0 spiro atoms. The molecule has 9 nitrogen and oxygen atoms in total. The van der Waals surface area contributed by atoms with E-state index in [0.29, 0.717) is 28.7 Å². The second-order valence-electron chi connectivity index (χ2n) is 8.96. The number of hydrogen-bond donors (Lipinski definition) is 1. The minimum atomic E-state index is -4.20. The molecule has 1 atom stereocenters. The second kappa shape index (κ2) is 15.5. The Morgan fingerprint density at radius 1 is 0.523 bits per heavy atom. The summed E-state index contributed by atoms with van der Waals surface area (Å²) in [7, 11) is -10.6. The highest BCUT2D eigenvalue weighted by atomic mass is 31.2. The van der Waals surface area contributed by atoms with E-state index in [-0.39, 0.29) is 6.54 Å². The lowest BCUT2D eigenvalue weighted by Crippen LogP contribution is -2.02. The van der Waals surface area contributed by atoms with E-state index in [9.17, 15) is 4.89 Å². The van der Waals surface area contributed by atoms with Crippen LogP contribution in [0.1, 0.15) is 6.92 Å². The van der Waals surface area contributed by atoms with Crippen LogP contribution in [0, 0.1) is 0 Å². The average Bonchev–Trinajstić information content (AvgIpc) is 3.03. The second-order valence-corrected chi connectivity index (χ2v) is 14.3. The van der Waals surface area contributed by atoms with Crippen LogP contribution >= 0.6 is 23.5 Å². The Morgan fingerprint density at radius 3 is 1.23 bits per heavy atom. The third kappa shape index (κ3) is 9.37. The van der Waals surface area contributed by atoms with Crippen molar-refractivity contribution in [1.82, 2.24) is 0 Å². The van der Waals surface area contributed by atoms with E-state index >= 15 is 0 Å². The molecular weight excluding hydrogens is 615 g/mol. The number of nitrogens with zero attached hydrogens (tertiary/aromatic N) is 3. The van der Waals surface area contributed by atoms with Crippen LogP contribution in [-0.2, 0) is 0 Å². The summed E-state index contributed by atoms with van der Waals surface area (Å²) in [4.78, 5) is 12.3. The van der Waals surface area contributed by atoms with Crippen LogP contribution in [0.25, 0.3) is 0 Å². The van der Waals surface area contributed by atoms with Crippen molar-refractivity contribution in [1.29, 1.82) is 0 Å². The smallest absolute Gasteiger partial charge is 0.432 e. The molecule has 0 aliphatic heterocycles. The minimum Gasteiger partial charge on any atom is -0.432 e. The van der Waals surface area contributed by atoms with E-state index in [2.05, 4.69) is 4.52 Å². The van der Waals surface area contributed by atoms with E-state index in [0.717, 1.165) is 0 Å². The normalized spacial score (nSPS) is 12.3. The zero-order valence-electron chi connectivity index (χ0n) is 23.9. The first-order valence-electron chi connectivity index (χ1n) is 13.8. The molecule has 0 saturated carbocycles. The number of para-hydroxylation sites is 5. The molecule has 0 aliphatic rings. The molecule has 0 radical (unpaired) electrons. The van der Waals surface area contributed by atoms with Crippen molar-refractivity contribution in [3.05, 3.63) is 152 Å². The van der Waals surface area contributed by atoms with Crippen molar-refractivity contribution in [2.24, 2.45) is 13.8 Å². The first kappa shape index (κ1) is 31.2. The van der Waals surface area contributed by atoms with Gasteiger partial charge in [-0.15, -0.1) is 9.03 Å². The lowest BCUT2D eigenvalue weighted by atomic mass is 10.3. The molecule has 0 aromatic heterocycles. The Morgan fingerprint density at radius 2 is 0.864 bits per heavy atom. The summed E-state index contributed by atoms with van der Waals surface area (Å²) in [5.41, 5.74) is 0. The van der Waals surface area contributed by atoms with Gasteiger partial charge in [-0.25, -0.2) is 4.74 Å². The van der Waals surface area contributed by atoms with Crippen LogP contribution in [0.2, 0.25) is 0 Å². The Labute approximate surface area is 258 Å². The lowest BCUT2D eigenvalue weighted by Gasteiger charge is -2.24. The maximum absolute atomic E-state index is 12.3. The third-order valence-electron chi connectivity index (χ3n) is 5.56. The maximum Gasteiger partial charge on any atom is 0.449 e. The largest absolute Gasteiger partial charge is 0.449 e. The van der Waals surface area contributed by atoms with Gasteiger partial charge in [0.2, 0.25) is 0 Å². The van der Waals surface area contributed by atoms with Gasteiger partial charge >= 0.3 is 23.5 Å². The van der Waals surface area contributed by atoms with Crippen molar-refractivity contribution in [2.45, 2.75) is 6.92 Å². The van der Waals surface area contributed by atoms with Crippen molar-refractivity contribution in [3.8, 4) is 28.7 Å². The van der Waals surface area contributed by atoms with Gasteiger partial charge in [-0.3, -0.25) is 0 Å². The summed E-state index contributed by atoms with van der Waals surface area (Å²) >= 11 is 0. The Hall–Kier alpha value is -4.25. The van der Waals surface area contributed by atoms with Crippen LogP contribution in [0.4, 0.5) is 0 Å². The van der Waals surface area contributed by atoms with Crippen LogP contribution in [0.15, 0.2) is 165 Å². The highest BCUT2D eigenvalue weighted by Crippen LogP contribution is 2.65. The van der Waals surface area contributed by atoms with E-state index in [1.807, 2.05) is 85.8 Å². The summed E-state index contributed by atoms with van der Waals surface area (Å²) in [5.74, 6) is 2.26. The molecule has 12 heteroatoms. The van der Waals surface area contributed by atoms with Gasteiger partial charge in [0.1, 0.15) is 28.7 Å². The minimum absolute atomic E-state index is 0.279. The molecule has 0 fully saturated rings. The molecule has 0 saturated heterocycles. The first-order chi connectivity index (χ1) is 21.5. The fourth-order valence-corrected chi connectivity index (χ4v) is 9.86. The summed E-state index contributed by atoms with van der Waals surface area (Å²) in [6.45, 7) is 2.12. The Bertz CT molecular complexity index is 1660. The topological polar surface area (TPSA) is 103 Å². The average molecular weight is 648 g/mol. The third-order valence-corrected chi connectivity index (χ3v) is 11.9. The summed E-state index contributed by atoms with van der Waals surface area (Å²) in [6.07, 6.45) is 0. The van der Waals surface area contributed by atoms with Crippen molar-refractivity contribution in [3.63, 3.8) is 0 Å². The first-order valence-corrected chi connectivity index (χ1v) is 18.1. The molecule has 1 N–H and O–H groups in total. The molecule has 0 bridgehead atoms. The molecule has 5 aromatic rings. The zero-order valence-corrected chi connectivity index (χ0v) is 26.7. The van der Waals surface area contributed by atoms with Gasteiger partial charge in [0.15, 0.2) is 0 Å². The van der Waals surface area contributed by atoms with Crippen molar-refractivity contribution in [2.75, 3.05) is 6.54 Å². The van der Waals surface area contributed by atoms with Crippen molar-refractivity contribution >= 4 is 23.5 Å². The van der Waals surface area contributed by atoms with Gasteiger partial charge in [-0.2, -0.15) is 0 Å². The van der Waals surface area contributed by atoms with E-state index in [1.165, 1.54) is 0 Å². The van der Waals surface area contributed by atoms with Gasteiger partial charge in [0.25, 0.3) is 0 Å². The summed E-state index contributed by atoms with van der Waals surface area (Å²) in [6, 6.07) is 45.1. The predicted octanol–water partition coefficient (Wildman–Crippen LogP) is 10.5. The molecule has 0 heterocycles. The standard InChI is InChI=1S/C32H32N3O6P3/c1-2-33-44(40-31-24-14-6-15-25-31,41-32-26-16-7-17-27-32)35-43(36,39-30-22-12-5-13-23-30)34-42(37-28-18-8-3-9-19-28)38-29-20-10-4-11-21-29/h3-27,36,42H,2H2,1H3. The van der Waals surface area contributed by atoms with Crippen LogP contribution < -0.4 is 22.6 Å². The van der Waals surface area contributed by atoms with Gasteiger partial charge in [-0.05, 0) is 67.6 Å².